The first kappa shape index (κ1) is 12.8. The summed E-state index contributed by atoms with van der Waals surface area (Å²) in [7, 11) is 0. The van der Waals surface area contributed by atoms with E-state index in [0.29, 0.717) is 0 Å². The molecule has 2 rings (SSSR count). The Morgan fingerprint density at radius 3 is 2.59 bits per heavy atom. The van der Waals surface area contributed by atoms with Crippen molar-refractivity contribution < 1.29 is 9.90 Å². The van der Waals surface area contributed by atoms with Gasteiger partial charge in [-0.15, -0.1) is 0 Å². The fraction of sp³-hybridized carbons (Fsp3) is 0.923. The van der Waals surface area contributed by atoms with Gasteiger partial charge in [0.05, 0.1) is 12.1 Å². The second kappa shape index (κ2) is 5.36. The van der Waals surface area contributed by atoms with E-state index in [1.54, 1.807) is 0 Å². The van der Waals surface area contributed by atoms with Gasteiger partial charge in [-0.3, -0.25) is 4.79 Å². The Kier molecular flexibility index (Phi) is 4.05. The van der Waals surface area contributed by atoms with E-state index in [4.69, 9.17) is 5.73 Å². The molecule has 4 heteroatoms. The second-order valence-electron chi connectivity index (χ2n) is 5.76. The van der Waals surface area contributed by atoms with Crippen LogP contribution < -0.4 is 11.1 Å². The number of aliphatic hydroxyl groups excluding tert-OH is 1. The summed E-state index contributed by atoms with van der Waals surface area (Å²) in [6.07, 6.45) is 7.85. The molecular weight excluding hydrogens is 216 g/mol. The lowest BCUT2D eigenvalue weighted by Gasteiger charge is -2.32. The van der Waals surface area contributed by atoms with Gasteiger partial charge in [-0.05, 0) is 32.1 Å². The number of carbonyl (C=O) groups excluding carboxylic acids is 1. The van der Waals surface area contributed by atoms with Crippen molar-refractivity contribution >= 4 is 5.91 Å². The van der Waals surface area contributed by atoms with Crippen molar-refractivity contribution in [2.24, 2.45) is 11.7 Å². The van der Waals surface area contributed by atoms with E-state index in [9.17, 15) is 9.90 Å². The lowest BCUT2D eigenvalue weighted by atomic mass is 9.84. The van der Waals surface area contributed by atoms with Gasteiger partial charge in [0.2, 0.25) is 5.91 Å². The monoisotopic (exact) mass is 240 g/mol. The van der Waals surface area contributed by atoms with Crippen molar-refractivity contribution in [3.63, 3.8) is 0 Å². The molecule has 0 saturated heterocycles. The van der Waals surface area contributed by atoms with Crippen LogP contribution in [0.25, 0.3) is 0 Å². The van der Waals surface area contributed by atoms with Gasteiger partial charge in [-0.1, -0.05) is 19.3 Å². The molecule has 1 amide bonds. The number of nitrogens with two attached hydrogens (primary N) is 1. The first-order valence-corrected chi connectivity index (χ1v) is 6.84. The highest BCUT2D eigenvalue weighted by Crippen LogP contribution is 2.31. The SMILES string of the molecule is N[C@H]1CCC[C@@H](C(=O)NC2(CO)CCCC2)C1. The van der Waals surface area contributed by atoms with Crippen molar-refractivity contribution in [3.05, 3.63) is 0 Å². The number of aliphatic hydroxyl groups is 1. The van der Waals surface area contributed by atoms with E-state index >= 15 is 0 Å². The summed E-state index contributed by atoms with van der Waals surface area (Å²) in [4.78, 5) is 12.2. The molecular formula is C13H24N2O2. The van der Waals surface area contributed by atoms with Crippen LogP contribution in [0.1, 0.15) is 51.4 Å². The van der Waals surface area contributed by atoms with Crippen molar-refractivity contribution in [2.45, 2.75) is 62.9 Å². The molecule has 2 saturated carbocycles. The standard InChI is InChI=1S/C13H24N2O2/c14-11-5-3-4-10(8-11)12(17)15-13(9-16)6-1-2-7-13/h10-11,16H,1-9,14H2,(H,15,17)/t10-,11+/m1/s1. The molecule has 0 spiro atoms. The van der Waals surface area contributed by atoms with E-state index in [1.807, 2.05) is 0 Å². The summed E-state index contributed by atoms with van der Waals surface area (Å²) in [5, 5.41) is 12.6. The number of amides is 1. The van der Waals surface area contributed by atoms with Gasteiger partial charge in [0, 0.05) is 12.0 Å². The highest BCUT2D eigenvalue weighted by molar-refractivity contribution is 5.79. The topological polar surface area (TPSA) is 75.4 Å². The highest BCUT2D eigenvalue weighted by Gasteiger charge is 2.37. The Labute approximate surface area is 103 Å². The summed E-state index contributed by atoms with van der Waals surface area (Å²) in [6, 6.07) is 0.174. The molecule has 0 aliphatic heterocycles. The summed E-state index contributed by atoms with van der Waals surface area (Å²) in [5.74, 6) is 0.166. The van der Waals surface area contributed by atoms with Crippen LogP contribution in [-0.2, 0) is 4.79 Å². The number of hydrogen-bond donors (Lipinski definition) is 3. The molecule has 0 heterocycles. The minimum atomic E-state index is -0.335. The molecule has 0 aromatic carbocycles. The third-order valence-electron chi connectivity index (χ3n) is 4.34. The van der Waals surface area contributed by atoms with Gasteiger partial charge in [-0.25, -0.2) is 0 Å². The third kappa shape index (κ3) is 2.99. The van der Waals surface area contributed by atoms with Crippen LogP contribution in [0.2, 0.25) is 0 Å². The average molecular weight is 240 g/mol. The van der Waals surface area contributed by atoms with Crippen LogP contribution in [0.15, 0.2) is 0 Å². The van der Waals surface area contributed by atoms with E-state index in [-0.39, 0.29) is 30.0 Å². The summed E-state index contributed by atoms with van der Waals surface area (Å²) >= 11 is 0. The molecule has 4 N–H and O–H groups in total. The van der Waals surface area contributed by atoms with Crippen molar-refractivity contribution in [1.82, 2.24) is 5.32 Å². The summed E-state index contributed by atoms with van der Waals surface area (Å²) in [6.45, 7) is 0.0670. The molecule has 2 fully saturated rings. The smallest absolute Gasteiger partial charge is 0.223 e. The zero-order valence-electron chi connectivity index (χ0n) is 10.5. The lowest BCUT2D eigenvalue weighted by Crippen LogP contribution is -2.52. The van der Waals surface area contributed by atoms with Crippen LogP contribution in [0, 0.1) is 5.92 Å². The summed E-state index contributed by atoms with van der Waals surface area (Å²) < 4.78 is 0. The van der Waals surface area contributed by atoms with Gasteiger partial charge in [0.25, 0.3) is 0 Å². The molecule has 2 atom stereocenters. The zero-order valence-corrected chi connectivity index (χ0v) is 10.5. The van der Waals surface area contributed by atoms with Crippen molar-refractivity contribution in [2.75, 3.05) is 6.61 Å². The van der Waals surface area contributed by atoms with Gasteiger partial charge in [0.15, 0.2) is 0 Å². The minimum absolute atomic E-state index is 0.0581. The Morgan fingerprint density at radius 1 is 1.29 bits per heavy atom. The first-order chi connectivity index (χ1) is 8.15. The highest BCUT2D eigenvalue weighted by atomic mass is 16.3. The maximum Gasteiger partial charge on any atom is 0.223 e. The molecule has 0 aromatic rings. The van der Waals surface area contributed by atoms with Crippen LogP contribution in [0.4, 0.5) is 0 Å². The zero-order chi connectivity index (χ0) is 12.3. The van der Waals surface area contributed by atoms with E-state index in [0.717, 1.165) is 51.4 Å². The Bertz CT molecular complexity index is 275. The van der Waals surface area contributed by atoms with E-state index < -0.39 is 0 Å². The van der Waals surface area contributed by atoms with Gasteiger partial charge < -0.3 is 16.2 Å². The Balaban J connectivity index is 1.91. The molecule has 0 aromatic heterocycles. The molecule has 4 nitrogen and oxygen atoms in total. The van der Waals surface area contributed by atoms with Crippen molar-refractivity contribution in [3.8, 4) is 0 Å². The maximum atomic E-state index is 12.2. The predicted octanol–water partition coefficient (Wildman–Crippen LogP) is 0.925. The van der Waals surface area contributed by atoms with Crippen LogP contribution in [0.3, 0.4) is 0 Å². The second-order valence-corrected chi connectivity index (χ2v) is 5.76. The van der Waals surface area contributed by atoms with Gasteiger partial charge in [0.1, 0.15) is 0 Å². The summed E-state index contributed by atoms with van der Waals surface area (Å²) in [5.41, 5.74) is 5.57. The molecule has 17 heavy (non-hydrogen) atoms. The molecule has 98 valence electrons. The molecule has 2 aliphatic rings. The van der Waals surface area contributed by atoms with Crippen LogP contribution >= 0.6 is 0 Å². The fourth-order valence-electron chi connectivity index (χ4n) is 3.20. The lowest BCUT2D eigenvalue weighted by molar-refractivity contribution is -0.128. The maximum absolute atomic E-state index is 12.2. The average Bonchev–Trinajstić information content (AvgIpc) is 2.78. The van der Waals surface area contributed by atoms with Gasteiger partial charge in [-0.2, -0.15) is 0 Å². The predicted molar refractivity (Wildman–Crippen MR) is 66.4 cm³/mol. The van der Waals surface area contributed by atoms with Crippen LogP contribution in [0.5, 0.6) is 0 Å². The van der Waals surface area contributed by atoms with Gasteiger partial charge >= 0.3 is 0 Å². The van der Waals surface area contributed by atoms with Crippen molar-refractivity contribution in [1.29, 1.82) is 0 Å². The largest absolute Gasteiger partial charge is 0.394 e. The minimum Gasteiger partial charge on any atom is -0.394 e. The fourth-order valence-corrected chi connectivity index (χ4v) is 3.20. The number of hydrogen-bond acceptors (Lipinski definition) is 3. The number of carbonyl (C=O) groups is 1. The molecule has 0 unspecified atom stereocenters. The number of nitrogens with one attached hydrogen (secondary N) is 1. The normalized spacial score (nSPS) is 32.4. The molecule has 2 aliphatic carbocycles. The first-order valence-electron chi connectivity index (χ1n) is 6.84. The number of rotatable bonds is 3. The Hall–Kier alpha value is -0.610. The van der Waals surface area contributed by atoms with E-state index in [2.05, 4.69) is 5.32 Å². The quantitative estimate of drug-likeness (QED) is 0.687. The molecule has 0 bridgehead atoms. The third-order valence-corrected chi connectivity index (χ3v) is 4.34. The van der Waals surface area contributed by atoms with E-state index in [1.165, 1.54) is 0 Å². The molecule has 0 radical (unpaired) electrons. The Morgan fingerprint density at radius 2 is 2.00 bits per heavy atom. The van der Waals surface area contributed by atoms with Crippen LogP contribution in [-0.4, -0.2) is 29.2 Å².